The Labute approximate surface area is 265 Å². The zero-order valence-electron chi connectivity index (χ0n) is 26.2. The van der Waals surface area contributed by atoms with E-state index in [1.54, 1.807) is 0 Å². The third-order valence-electron chi connectivity index (χ3n) is 10.6. The van der Waals surface area contributed by atoms with Gasteiger partial charge in [-0.3, -0.25) is 0 Å². The van der Waals surface area contributed by atoms with E-state index < -0.39 is 0 Å². The van der Waals surface area contributed by atoms with Crippen LogP contribution in [0.25, 0.3) is 43.8 Å². The molecule has 216 valence electrons. The molecule has 1 nitrogen and oxygen atoms in total. The smallest absolute Gasteiger partial charge is 0.0506 e. The normalized spacial score (nSPS) is 15.4. The minimum atomic E-state index is -0.131. The summed E-state index contributed by atoms with van der Waals surface area (Å²) in [5.74, 6) is 0. The van der Waals surface area contributed by atoms with Gasteiger partial charge in [-0.05, 0) is 102 Å². The predicted molar refractivity (Wildman–Crippen MR) is 191 cm³/mol. The highest BCUT2D eigenvalue weighted by Gasteiger charge is 2.42. The Kier molecular flexibility index (Phi) is 5.37. The maximum atomic E-state index is 2.49. The molecule has 9 rings (SSSR count). The largest absolute Gasteiger partial charge is 0.310 e. The lowest BCUT2D eigenvalue weighted by molar-refractivity contribution is 0.627. The lowest BCUT2D eigenvalue weighted by atomic mass is 9.72. The van der Waals surface area contributed by atoms with E-state index in [0.717, 1.165) is 0 Å². The van der Waals surface area contributed by atoms with Crippen LogP contribution in [-0.4, -0.2) is 0 Å². The first-order chi connectivity index (χ1) is 21.8. The summed E-state index contributed by atoms with van der Waals surface area (Å²) in [5, 5.41) is 5.16. The van der Waals surface area contributed by atoms with E-state index >= 15 is 0 Å². The van der Waals surface area contributed by atoms with Gasteiger partial charge < -0.3 is 4.90 Å². The summed E-state index contributed by atoms with van der Waals surface area (Å²) in [7, 11) is 0. The van der Waals surface area contributed by atoms with Crippen LogP contribution >= 0.6 is 0 Å². The molecular weight excluding hydrogens is 542 g/mol. The van der Waals surface area contributed by atoms with Crippen LogP contribution in [0.1, 0.15) is 49.9 Å². The first-order valence-electron chi connectivity index (χ1n) is 16.0. The van der Waals surface area contributed by atoms with E-state index in [9.17, 15) is 0 Å². The zero-order valence-corrected chi connectivity index (χ0v) is 26.2. The molecule has 0 aromatic heterocycles. The Hall–Kier alpha value is -5.14. The maximum Gasteiger partial charge on any atom is 0.0506 e. The molecule has 1 aliphatic heterocycles. The van der Waals surface area contributed by atoms with Crippen LogP contribution in [0, 0.1) is 0 Å². The number of hydrogen-bond acceptors (Lipinski definition) is 1. The molecule has 0 bridgehead atoms. The second-order valence-electron chi connectivity index (χ2n) is 13.8. The zero-order chi connectivity index (χ0) is 30.5. The van der Waals surface area contributed by atoms with Crippen LogP contribution in [0.4, 0.5) is 17.1 Å². The third-order valence-corrected chi connectivity index (χ3v) is 10.6. The Morgan fingerprint density at radius 3 is 1.89 bits per heavy atom. The summed E-state index contributed by atoms with van der Waals surface area (Å²) >= 11 is 0. The van der Waals surface area contributed by atoms with E-state index in [-0.39, 0.29) is 10.8 Å². The van der Waals surface area contributed by atoms with E-state index in [1.165, 1.54) is 83.1 Å². The average molecular weight is 578 g/mol. The molecule has 1 heterocycles. The number of rotatable bonds is 2. The molecule has 0 N–H and O–H groups in total. The number of fused-ring (bicyclic) bond motifs is 8. The fourth-order valence-electron chi connectivity index (χ4n) is 8.17. The Morgan fingerprint density at radius 2 is 1.04 bits per heavy atom. The van der Waals surface area contributed by atoms with Gasteiger partial charge in [0.25, 0.3) is 0 Å². The highest BCUT2D eigenvalue weighted by atomic mass is 15.2. The maximum absolute atomic E-state index is 2.49. The lowest BCUT2D eigenvalue weighted by Crippen LogP contribution is -2.31. The van der Waals surface area contributed by atoms with Crippen molar-refractivity contribution in [3.8, 4) is 22.3 Å². The van der Waals surface area contributed by atoms with E-state index in [2.05, 4.69) is 172 Å². The van der Waals surface area contributed by atoms with Crippen molar-refractivity contribution in [2.75, 3.05) is 4.90 Å². The van der Waals surface area contributed by atoms with Gasteiger partial charge in [0, 0.05) is 16.5 Å². The monoisotopic (exact) mass is 577 g/mol. The molecule has 7 aromatic rings. The molecule has 0 radical (unpaired) electrons. The SMILES string of the molecule is CC1(C)c2ccccc2-c2cc3c(cc21)N(c1ccc(-c2ccc4c(ccc5ccccc54)c2)cc1)c1ccccc1C3(C)C. The topological polar surface area (TPSA) is 3.24 Å². The highest BCUT2D eigenvalue weighted by Crippen LogP contribution is 2.57. The van der Waals surface area contributed by atoms with Crippen molar-refractivity contribution >= 4 is 38.6 Å². The minimum Gasteiger partial charge on any atom is -0.310 e. The second kappa shape index (κ2) is 9.19. The van der Waals surface area contributed by atoms with Gasteiger partial charge in [0.15, 0.2) is 0 Å². The molecule has 2 aliphatic rings. The molecular formula is C44H35N. The van der Waals surface area contributed by atoms with Crippen LogP contribution in [0.5, 0.6) is 0 Å². The van der Waals surface area contributed by atoms with Crippen molar-refractivity contribution in [2.24, 2.45) is 0 Å². The molecule has 0 unspecified atom stereocenters. The molecule has 0 saturated heterocycles. The fourth-order valence-corrected chi connectivity index (χ4v) is 8.17. The Bertz CT molecular complexity index is 2320. The molecule has 0 saturated carbocycles. The van der Waals surface area contributed by atoms with Crippen LogP contribution in [0.15, 0.2) is 140 Å². The van der Waals surface area contributed by atoms with E-state index in [4.69, 9.17) is 0 Å². The van der Waals surface area contributed by atoms with Gasteiger partial charge in [-0.1, -0.05) is 131 Å². The van der Waals surface area contributed by atoms with Crippen LogP contribution in [0.2, 0.25) is 0 Å². The molecule has 0 atom stereocenters. The lowest BCUT2D eigenvalue weighted by Gasteiger charge is -2.43. The van der Waals surface area contributed by atoms with Crippen LogP contribution in [0.3, 0.4) is 0 Å². The quantitative estimate of drug-likeness (QED) is 0.185. The number of hydrogen-bond donors (Lipinski definition) is 0. The Morgan fingerprint density at radius 1 is 0.400 bits per heavy atom. The van der Waals surface area contributed by atoms with Gasteiger partial charge in [-0.2, -0.15) is 0 Å². The summed E-state index contributed by atoms with van der Waals surface area (Å²) in [6.45, 7) is 9.51. The molecule has 45 heavy (non-hydrogen) atoms. The summed E-state index contributed by atoms with van der Waals surface area (Å²) < 4.78 is 0. The van der Waals surface area contributed by atoms with Crippen LogP contribution < -0.4 is 4.90 Å². The van der Waals surface area contributed by atoms with Crippen LogP contribution in [-0.2, 0) is 10.8 Å². The summed E-state index contributed by atoms with van der Waals surface area (Å²) in [5.41, 5.74) is 14.3. The van der Waals surface area contributed by atoms with Crippen molar-refractivity contribution < 1.29 is 0 Å². The first-order valence-corrected chi connectivity index (χ1v) is 16.0. The minimum absolute atomic E-state index is 0.0565. The van der Waals surface area contributed by atoms with Crippen molar-refractivity contribution in [1.29, 1.82) is 0 Å². The average Bonchev–Trinajstić information content (AvgIpc) is 3.30. The van der Waals surface area contributed by atoms with Crippen molar-refractivity contribution in [2.45, 2.75) is 38.5 Å². The molecule has 1 aliphatic carbocycles. The standard InChI is InChI=1S/C44H35N/c1-43(2)37-14-8-7-13-35(37)36-26-40-42(27-39(36)43)45(41-16-10-9-15-38(41)44(40,3)4)32-22-19-28(20-23-32)30-21-24-34-31(25-30)18-17-29-11-5-6-12-33(29)34/h5-27H,1-4H3. The van der Waals surface area contributed by atoms with Crippen molar-refractivity contribution in [3.05, 3.63) is 162 Å². The molecule has 0 amide bonds. The molecule has 1 heteroatoms. The second-order valence-corrected chi connectivity index (χ2v) is 13.8. The summed E-state index contributed by atoms with van der Waals surface area (Å²) in [6.07, 6.45) is 0. The number of nitrogens with zero attached hydrogens (tertiary/aromatic N) is 1. The van der Waals surface area contributed by atoms with Crippen molar-refractivity contribution in [3.63, 3.8) is 0 Å². The fraction of sp³-hybridized carbons (Fsp3) is 0.136. The highest BCUT2D eigenvalue weighted by molar-refractivity contribution is 6.08. The number of anilines is 3. The van der Waals surface area contributed by atoms with Gasteiger partial charge in [0.2, 0.25) is 0 Å². The van der Waals surface area contributed by atoms with Gasteiger partial charge in [0.05, 0.1) is 11.4 Å². The predicted octanol–water partition coefficient (Wildman–Crippen LogP) is 12.1. The number of benzene rings is 7. The summed E-state index contributed by atoms with van der Waals surface area (Å²) in [4.78, 5) is 2.49. The van der Waals surface area contributed by atoms with Gasteiger partial charge in [0.1, 0.15) is 0 Å². The first kappa shape index (κ1) is 26.3. The number of para-hydroxylation sites is 1. The molecule has 0 fully saturated rings. The van der Waals surface area contributed by atoms with E-state index in [0.29, 0.717) is 0 Å². The van der Waals surface area contributed by atoms with E-state index in [1.807, 2.05) is 0 Å². The third kappa shape index (κ3) is 3.68. The van der Waals surface area contributed by atoms with Gasteiger partial charge >= 0.3 is 0 Å². The van der Waals surface area contributed by atoms with Gasteiger partial charge in [-0.15, -0.1) is 0 Å². The molecule has 0 spiro atoms. The summed E-state index contributed by atoms with van der Waals surface area (Å²) in [6, 6.07) is 52.0. The van der Waals surface area contributed by atoms with Gasteiger partial charge in [-0.25, -0.2) is 0 Å². The Balaban J connectivity index is 1.19. The molecule has 7 aromatic carbocycles. The van der Waals surface area contributed by atoms with Crippen molar-refractivity contribution in [1.82, 2.24) is 0 Å².